The molecule has 0 amide bonds. The van der Waals surface area contributed by atoms with Gasteiger partial charge in [0.15, 0.2) is 0 Å². The Morgan fingerprint density at radius 3 is 1.65 bits per heavy atom. The van der Waals surface area contributed by atoms with Crippen LogP contribution in [0.4, 0.5) is 23.2 Å². The van der Waals surface area contributed by atoms with Gasteiger partial charge in [-0.15, -0.1) is 0 Å². The highest BCUT2D eigenvalue weighted by molar-refractivity contribution is 5.67. The molecule has 0 bridgehead atoms. The molecular weight excluding hydrogens is 234 g/mol. The smallest absolute Gasteiger partial charge is 0.136 e. The van der Waals surface area contributed by atoms with Crippen LogP contribution in [-0.2, 0) is 0 Å². The second kappa shape index (κ2) is 4.08. The van der Waals surface area contributed by atoms with Crippen LogP contribution in [0.25, 0.3) is 11.1 Å². The van der Waals surface area contributed by atoms with Crippen LogP contribution in [0.3, 0.4) is 0 Å². The molecule has 0 aromatic heterocycles. The maximum Gasteiger partial charge on any atom is 0.136 e. The molecule has 0 atom stereocenters. The molecule has 17 heavy (non-hydrogen) atoms. The first-order valence-corrected chi connectivity index (χ1v) is 4.68. The van der Waals surface area contributed by atoms with Gasteiger partial charge in [0.25, 0.3) is 0 Å². The average molecular weight is 241 g/mol. The predicted molar refractivity (Wildman–Crippen MR) is 56.1 cm³/mol. The number of nitrogens with two attached hydrogens (primary N) is 1. The maximum atomic E-state index is 13.5. The van der Waals surface area contributed by atoms with Crippen molar-refractivity contribution in [2.45, 2.75) is 0 Å². The Morgan fingerprint density at radius 1 is 0.706 bits per heavy atom. The van der Waals surface area contributed by atoms with E-state index in [0.717, 1.165) is 24.3 Å². The second-order valence-electron chi connectivity index (χ2n) is 3.52. The van der Waals surface area contributed by atoms with Gasteiger partial charge in [0.2, 0.25) is 0 Å². The highest BCUT2D eigenvalue weighted by Crippen LogP contribution is 2.29. The number of rotatable bonds is 1. The quantitative estimate of drug-likeness (QED) is 0.600. The molecule has 0 spiro atoms. The standard InChI is InChI=1S/C12H7F4N/c13-7-1-6(2-8(14)3-7)12-10(15)4-9(17)5-11(12)16/h1-5H,17H2. The molecule has 0 saturated heterocycles. The van der Waals surface area contributed by atoms with Gasteiger partial charge in [-0.2, -0.15) is 0 Å². The first-order chi connectivity index (χ1) is 7.97. The number of anilines is 1. The summed E-state index contributed by atoms with van der Waals surface area (Å²) < 4.78 is 52.9. The summed E-state index contributed by atoms with van der Waals surface area (Å²) in [6.45, 7) is 0. The van der Waals surface area contributed by atoms with Crippen LogP contribution in [0.15, 0.2) is 30.3 Å². The predicted octanol–water partition coefficient (Wildman–Crippen LogP) is 3.49. The fourth-order valence-corrected chi connectivity index (χ4v) is 1.57. The number of nitrogen functional groups attached to an aromatic ring is 1. The molecule has 0 heterocycles. The Hall–Kier alpha value is -2.04. The zero-order valence-corrected chi connectivity index (χ0v) is 8.48. The van der Waals surface area contributed by atoms with Crippen LogP contribution in [-0.4, -0.2) is 0 Å². The third-order valence-electron chi connectivity index (χ3n) is 2.22. The van der Waals surface area contributed by atoms with E-state index in [2.05, 4.69) is 0 Å². The fraction of sp³-hybridized carbons (Fsp3) is 0. The van der Waals surface area contributed by atoms with E-state index < -0.39 is 28.8 Å². The average Bonchev–Trinajstić information content (AvgIpc) is 2.13. The largest absolute Gasteiger partial charge is 0.399 e. The van der Waals surface area contributed by atoms with Crippen molar-refractivity contribution in [2.24, 2.45) is 0 Å². The number of hydrogen-bond acceptors (Lipinski definition) is 1. The van der Waals surface area contributed by atoms with E-state index in [1.807, 2.05) is 0 Å². The van der Waals surface area contributed by atoms with Crippen molar-refractivity contribution in [3.05, 3.63) is 53.6 Å². The molecule has 0 fully saturated rings. The van der Waals surface area contributed by atoms with Crippen LogP contribution in [0.5, 0.6) is 0 Å². The Kier molecular flexibility index (Phi) is 2.75. The van der Waals surface area contributed by atoms with Crippen molar-refractivity contribution < 1.29 is 17.6 Å². The zero-order valence-electron chi connectivity index (χ0n) is 8.48. The van der Waals surface area contributed by atoms with Crippen LogP contribution < -0.4 is 5.73 Å². The van der Waals surface area contributed by atoms with E-state index >= 15 is 0 Å². The molecule has 2 aromatic rings. The van der Waals surface area contributed by atoms with Crippen molar-refractivity contribution in [2.75, 3.05) is 5.73 Å². The van der Waals surface area contributed by atoms with Crippen molar-refractivity contribution in [1.29, 1.82) is 0 Å². The molecule has 88 valence electrons. The molecule has 2 N–H and O–H groups in total. The Labute approximate surface area is 94.5 Å². The molecule has 5 heteroatoms. The number of benzene rings is 2. The van der Waals surface area contributed by atoms with Gasteiger partial charge in [-0.1, -0.05) is 0 Å². The highest BCUT2D eigenvalue weighted by Gasteiger charge is 2.14. The van der Waals surface area contributed by atoms with Gasteiger partial charge in [-0.25, -0.2) is 17.6 Å². The van der Waals surface area contributed by atoms with Crippen molar-refractivity contribution in [3.8, 4) is 11.1 Å². The highest BCUT2D eigenvalue weighted by atomic mass is 19.1. The van der Waals surface area contributed by atoms with Gasteiger partial charge < -0.3 is 5.73 Å². The monoisotopic (exact) mass is 241 g/mol. The van der Waals surface area contributed by atoms with Crippen molar-refractivity contribution in [1.82, 2.24) is 0 Å². The van der Waals surface area contributed by atoms with Crippen LogP contribution in [0.1, 0.15) is 0 Å². The number of halogens is 4. The van der Waals surface area contributed by atoms with Gasteiger partial charge >= 0.3 is 0 Å². The third-order valence-corrected chi connectivity index (χ3v) is 2.22. The van der Waals surface area contributed by atoms with Gasteiger partial charge in [0.1, 0.15) is 23.3 Å². The molecule has 0 aliphatic heterocycles. The minimum absolute atomic E-state index is 0.0966. The summed E-state index contributed by atoms with van der Waals surface area (Å²) in [5.41, 5.74) is 4.43. The minimum Gasteiger partial charge on any atom is -0.399 e. The summed E-state index contributed by atoms with van der Waals surface area (Å²) in [5.74, 6) is -3.74. The summed E-state index contributed by atoms with van der Waals surface area (Å²) in [4.78, 5) is 0. The van der Waals surface area contributed by atoms with Gasteiger partial charge in [-0.3, -0.25) is 0 Å². The van der Waals surface area contributed by atoms with E-state index in [4.69, 9.17) is 5.73 Å². The first kappa shape index (κ1) is 11.4. The molecule has 0 saturated carbocycles. The Morgan fingerprint density at radius 2 is 1.18 bits per heavy atom. The lowest BCUT2D eigenvalue weighted by Gasteiger charge is -2.07. The van der Waals surface area contributed by atoms with E-state index in [-0.39, 0.29) is 11.3 Å². The number of hydrogen-bond donors (Lipinski definition) is 1. The zero-order chi connectivity index (χ0) is 12.6. The van der Waals surface area contributed by atoms with E-state index in [0.29, 0.717) is 6.07 Å². The lowest BCUT2D eigenvalue weighted by Crippen LogP contribution is -1.95. The topological polar surface area (TPSA) is 26.0 Å². The van der Waals surface area contributed by atoms with Crippen molar-refractivity contribution >= 4 is 5.69 Å². The molecule has 2 aromatic carbocycles. The van der Waals surface area contributed by atoms with Gasteiger partial charge in [-0.05, 0) is 29.8 Å². The SMILES string of the molecule is Nc1cc(F)c(-c2cc(F)cc(F)c2)c(F)c1. The van der Waals surface area contributed by atoms with E-state index in [1.54, 1.807) is 0 Å². The molecule has 0 aliphatic carbocycles. The molecule has 2 rings (SSSR count). The van der Waals surface area contributed by atoms with Crippen molar-refractivity contribution in [3.63, 3.8) is 0 Å². The summed E-state index contributed by atoms with van der Waals surface area (Å²) in [5, 5.41) is 0. The van der Waals surface area contributed by atoms with E-state index in [1.165, 1.54) is 0 Å². The van der Waals surface area contributed by atoms with Gasteiger partial charge in [0, 0.05) is 11.8 Å². The normalized spacial score (nSPS) is 10.6. The van der Waals surface area contributed by atoms with Gasteiger partial charge in [0.05, 0.1) is 5.56 Å². The Bertz CT molecular complexity index is 537. The van der Waals surface area contributed by atoms with Crippen LogP contribution in [0, 0.1) is 23.3 Å². The summed E-state index contributed by atoms with van der Waals surface area (Å²) >= 11 is 0. The molecule has 0 aliphatic rings. The van der Waals surface area contributed by atoms with Crippen LogP contribution in [0.2, 0.25) is 0 Å². The Balaban J connectivity index is 2.68. The summed E-state index contributed by atoms with van der Waals surface area (Å²) in [6, 6.07) is 4.10. The lowest BCUT2D eigenvalue weighted by atomic mass is 10.0. The summed E-state index contributed by atoms with van der Waals surface area (Å²) in [7, 11) is 0. The third kappa shape index (κ3) is 2.22. The van der Waals surface area contributed by atoms with E-state index in [9.17, 15) is 17.6 Å². The minimum atomic E-state index is -0.965. The molecule has 1 nitrogen and oxygen atoms in total. The first-order valence-electron chi connectivity index (χ1n) is 4.68. The maximum absolute atomic E-state index is 13.5. The molecular formula is C12H7F4N. The summed E-state index contributed by atoms with van der Waals surface area (Å²) in [6.07, 6.45) is 0. The lowest BCUT2D eigenvalue weighted by molar-refractivity contribution is 0.578. The molecule has 0 unspecified atom stereocenters. The fourth-order valence-electron chi connectivity index (χ4n) is 1.57. The molecule has 0 radical (unpaired) electrons. The second-order valence-corrected chi connectivity index (χ2v) is 3.52. The van der Waals surface area contributed by atoms with Crippen LogP contribution >= 0.6 is 0 Å².